The normalized spacial score (nSPS) is 15.2. The zero-order valence-electron chi connectivity index (χ0n) is 9.98. The molecule has 0 aromatic heterocycles. The summed E-state index contributed by atoms with van der Waals surface area (Å²) >= 11 is 0. The summed E-state index contributed by atoms with van der Waals surface area (Å²) in [5, 5.41) is 0. The van der Waals surface area contributed by atoms with Crippen molar-refractivity contribution in [2.45, 2.75) is 6.92 Å². The first-order chi connectivity index (χ1) is 8.70. The third kappa shape index (κ3) is 2.75. The molecule has 94 valence electrons. The Morgan fingerprint density at radius 3 is 2.89 bits per heavy atom. The lowest BCUT2D eigenvalue weighted by Crippen LogP contribution is -2.22. The van der Waals surface area contributed by atoms with Gasteiger partial charge < -0.3 is 10.2 Å². The van der Waals surface area contributed by atoms with E-state index in [0.29, 0.717) is 12.4 Å². The van der Waals surface area contributed by atoms with Crippen LogP contribution in [0.3, 0.4) is 0 Å². The van der Waals surface area contributed by atoms with Crippen LogP contribution >= 0.6 is 0 Å². The summed E-state index contributed by atoms with van der Waals surface area (Å²) in [4.78, 5) is 4.19. The van der Waals surface area contributed by atoms with E-state index in [1.807, 2.05) is 13.0 Å². The Labute approximate surface area is 105 Å². The summed E-state index contributed by atoms with van der Waals surface area (Å²) in [7, 11) is 0. The molecule has 0 saturated heterocycles. The summed E-state index contributed by atoms with van der Waals surface area (Å²) < 4.78 is 18.9. The van der Waals surface area contributed by atoms with Gasteiger partial charge in [-0.2, -0.15) is 0 Å². The van der Waals surface area contributed by atoms with Gasteiger partial charge in [-0.15, -0.1) is 0 Å². The molecule has 0 fully saturated rings. The molecule has 4 nitrogen and oxygen atoms in total. The molecule has 1 aromatic rings. The largest absolute Gasteiger partial charge is 0.436 e. The van der Waals surface area contributed by atoms with Gasteiger partial charge in [0.15, 0.2) is 11.6 Å². The minimum atomic E-state index is -0.416. The first-order valence-corrected chi connectivity index (χ1v) is 5.53. The van der Waals surface area contributed by atoms with Gasteiger partial charge in [-0.1, -0.05) is 12.1 Å². The molecular weight excluding hydrogens is 233 g/mol. The maximum Gasteiger partial charge on any atom is 0.215 e. The maximum atomic E-state index is 13.4. The highest BCUT2D eigenvalue weighted by molar-refractivity contribution is 5.91. The van der Waals surface area contributed by atoms with Crippen molar-refractivity contribution in [3.05, 3.63) is 53.5 Å². The number of hydrogen-bond donors (Lipinski definition) is 2. The van der Waals surface area contributed by atoms with E-state index in [9.17, 15) is 4.39 Å². The minimum absolute atomic E-state index is 0.157. The fraction of sp³-hybridized carbons (Fsp3) is 0.154. The molecule has 0 unspecified atom stereocenters. The van der Waals surface area contributed by atoms with Gasteiger partial charge >= 0.3 is 0 Å². The predicted molar refractivity (Wildman–Crippen MR) is 68.5 cm³/mol. The lowest BCUT2D eigenvalue weighted by molar-refractivity contribution is 0.492. The van der Waals surface area contributed by atoms with E-state index >= 15 is 0 Å². The molecule has 5 heteroatoms. The Kier molecular flexibility index (Phi) is 3.74. The highest BCUT2D eigenvalue weighted by atomic mass is 19.1. The average Bonchev–Trinajstić information content (AvgIpc) is 2.53. The molecule has 0 amide bonds. The van der Waals surface area contributed by atoms with Gasteiger partial charge in [0.1, 0.15) is 0 Å². The number of hydrazine groups is 1. The van der Waals surface area contributed by atoms with Crippen LogP contribution in [-0.4, -0.2) is 12.4 Å². The van der Waals surface area contributed by atoms with E-state index in [1.165, 1.54) is 6.07 Å². The molecule has 18 heavy (non-hydrogen) atoms. The van der Waals surface area contributed by atoms with Crippen LogP contribution in [0.2, 0.25) is 0 Å². The van der Waals surface area contributed by atoms with Crippen molar-refractivity contribution in [3.8, 4) is 5.75 Å². The van der Waals surface area contributed by atoms with Gasteiger partial charge in [0.25, 0.3) is 0 Å². The Morgan fingerprint density at radius 2 is 2.17 bits per heavy atom. The van der Waals surface area contributed by atoms with Crippen LogP contribution in [0.5, 0.6) is 5.75 Å². The molecule has 1 aliphatic rings. The van der Waals surface area contributed by atoms with E-state index in [1.54, 1.807) is 24.3 Å². The summed E-state index contributed by atoms with van der Waals surface area (Å²) in [5.74, 6) is 5.48. The van der Waals surface area contributed by atoms with Crippen molar-refractivity contribution in [2.24, 2.45) is 10.8 Å². The SMILES string of the molecule is CC1=CC(Oc2ccccc2F)=NCC=C1NN. The average molecular weight is 247 g/mol. The van der Waals surface area contributed by atoms with Crippen LogP contribution in [0.1, 0.15) is 6.92 Å². The zero-order chi connectivity index (χ0) is 13.0. The van der Waals surface area contributed by atoms with E-state index in [0.717, 1.165) is 11.3 Å². The number of hydrogen-bond acceptors (Lipinski definition) is 4. The number of nitrogens with zero attached hydrogens (tertiary/aromatic N) is 1. The molecule has 0 atom stereocenters. The van der Waals surface area contributed by atoms with Gasteiger partial charge in [-0.3, -0.25) is 5.84 Å². The van der Waals surface area contributed by atoms with E-state index in [-0.39, 0.29) is 5.75 Å². The molecule has 1 aliphatic heterocycles. The van der Waals surface area contributed by atoms with Crippen molar-refractivity contribution < 1.29 is 9.13 Å². The summed E-state index contributed by atoms with van der Waals surface area (Å²) in [6.07, 6.45) is 3.55. The Hall–Kier alpha value is -2.14. The third-order valence-corrected chi connectivity index (χ3v) is 2.51. The Balaban J connectivity index is 2.19. The molecule has 0 spiro atoms. The van der Waals surface area contributed by atoms with Crippen LogP contribution in [0.15, 0.2) is 52.7 Å². The van der Waals surface area contributed by atoms with Crippen molar-refractivity contribution in [1.82, 2.24) is 5.43 Å². The highest BCUT2D eigenvalue weighted by Crippen LogP contribution is 2.17. The maximum absolute atomic E-state index is 13.4. The lowest BCUT2D eigenvalue weighted by atomic mass is 10.2. The molecule has 0 aliphatic carbocycles. The predicted octanol–water partition coefficient (Wildman–Crippen LogP) is 1.91. The number of allylic oxidation sites excluding steroid dienone is 1. The number of nitrogens with two attached hydrogens (primary N) is 1. The second-order valence-corrected chi connectivity index (χ2v) is 3.80. The molecule has 0 radical (unpaired) electrons. The van der Waals surface area contributed by atoms with Crippen LogP contribution < -0.4 is 16.0 Å². The first-order valence-electron chi connectivity index (χ1n) is 5.53. The van der Waals surface area contributed by atoms with Gasteiger partial charge in [-0.25, -0.2) is 9.38 Å². The molecular formula is C13H14FN3O. The number of ether oxygens (including phenoxy) is 1. The molecule has 3 N–H and O–H groups in total. The Morgan fingerprint density at radius 1 is 1.39 bits per heavy atom. The van der Waals surface area contributed by atoms with E-state index in [2.05, 4.69) is 10.4 Å². The van der Waals surface area contributed by atoms with Crippen LogP contribution in [0, 0.1) is 5.82 Å². The smallest absolute Gasteiger partial charge is 0.215 e. The summed E-state index contributed by atoms with van der Waals surface area (Å²) in [5.41, 5.74) is 4.24. The second kappa shape index (κ2) is 5.46. The van der Waals surface area contributed by atoms with Crippen LogP contribution in [-0.2, 0) is 0 Å². The van der Waals surface area contributed by atoms with Crippen LogP contribution in [0.4, 0.5) is 4.39 Å². The minimum Gasteiger partial charge on any atom is -0.436 e. The van der Waals surface area contributed by atoms with Crippen molar-refractivity contribution in [3.63, 3.8) is 0 Å². The summed E-state index contributed by atoms with van der Waals surface area (Å²) in [6.45, 7) is 2.30. The fourth-order valence-corrected chi connectivity index (χ4v) is 1.57. The van der Waals surface area contributed by atoms with Gasteiger partial charge in [-0.05, 0) is 30.7 Å². The van der Waals surface area contributed by atoms with E-state index < -0.39 is 5.82 Å². The Bertz CT molecular complexity index is 535. The summed E-state index contributed by atoms with van der Waals surface area (Å²) in [6, 6.07) is 6.21. The van der Waals surface area contributed by atoms with Gasteiger partial charge in [0.05, 0.1) is 6.54 Å². The van der Waals surface area contributed by atoms with Crippen LogP contribution in [0.25, 0.3) is 0 Å². The number of nitrogens with one attached hydrogen (secondary N) is 1. The highest BCUT2D eigenvalue weighted by Gasteiger charge is 2.09. The molecule has 0 bridgehead atoms. The first kappa shape index (κ1) is 12.3. The third-order valence-electron chi connectivity index (χ3n) is 2.51. The second-order valence-electron chi connectivity index (χ2n) is 3.80. The number of benzene rings is 1. The quantitative estimate of drug-likeness (QED) is 0.620. The van der Waals surface area contributed by atoms with Gasteiger partial charge in [0, 0.05) is 11.8 Å². The topological polar surface area (TPSA) is 59.6 Å². The molecule has 2 rings (SSSR count). The van der Waals surface area contributed by atoms with E-state index in [4.69, 9.17) is 10.6 Å². The number of rotatable bonds is 2. The molecule has 1 aromatic carbocycles. The number of halogens is 1. The lowest BCUT2D eigenvalue weighted by Gasteiger charge is -2.07. The van der Waals surface area contributed by atoms with Crippen molar-refractivity contribution in [1.29, 1.82) is 0 Å². The van der Waals surface area contributed by atoms with Gasteiger partial charge in [0.2, 0.25) is 5.90 Å². The zero-order valence-corrected chi connectivity index (χ0v) is 9.98. The fourth-order valence-electron chi connectivity index (χ4n) is 1.57. The monoisotopic (exact) mass is 247 g/mol. The molecule has 0 saturated carbocycles. The standard InChI is InChI=1S/C13H14FN3O/c1-9-8-13(16-7-6-11(9)17-15)18-12-5-3-2-4-10(12)14/h2-6,8,17H,7,15H2,1H3. The molecule has 1 heterocycles. The van der Waals surface area contributed by atoms with Crippen molar-refractivity contribution >= 4 is 5.90 Å². The van der Waals surface area contributed by atoms with Crippen molar-refractivity contribution in [2.75, 3.05) is 6.54 Å². The number of para-hydroxylation sites is 1. The number of aliphatic imine (C=N–C) groups is 1.